The van der Waals surface area contributed by atoms with Crippen LogP contribution >= 0.6 is 11.8 Å². The highest BCUT2D eigenvalue weighted by atomic mass is 32.2. The van der Waals surface area contributed by atoms with E-state index in [0.29, 0.717) is 0 Å². The van der Waals surface area contributed by atoms with E-state index in [1.165, 1.54) is 11.8 Å². The highest BCUT2D eigenvalue weighted by Gasteiger charge is 2.42. The van der Waals surface area contributed by atoms with Crippen molar-refractivity contribution in [3.8, 4) is 11.1 Å². The molecule has 0 saturated heterocycles. The van der Waals surface area contributed by atoms with Gasteiger partial charge < -0.3 is 15.2 Å². The molecule has 6 heteroatoms. The van der Waals surface area contributed by atoms with E-state index in [1.807, 2.05) is 85.8 Å². The van der Waals surface area contributed by atoms with Crippen molar-refractivity contribution in [3.05, 3.63) is 167 Å². The number of carboxylic acids is 1. The van der Waals surface area contributed by atoms with Gasteiger partial charge in [0, 0.05) is 11.2 Å². The lowest BCUT2D eigenvalue weighted by Gasteiger charge is -2.38. The predicted octanol–water partition coefficient (Wildman–Crippen LogP) is 8.09. The Hall–Kier alpha value is -4.81. The van der Waals surface area contributed by atoms with Crippen molar-refractivity contribution in [3.63, 3.8) is 0 Å². The van der Waals surface area contributed by atoms with E-state index in [0.717, 1.165) is 38.9 Å². The molecule has 1 amide bonds. The smallest absolute Gasteiger partial charge is 0.407 e. The number of fused-ring (bicyclic) bond motifs is 3. The molecule has 0 spiro atoms. The molecule has 5 aromatic carbocycles. The van der Waals surface area contributed by atoms with Gasteiger partial charge in [0.15, 0.2) is 0 Å². The molecule has 2 atom stereocenters. The van der Waals surface area contributed by atoms with Crippen molar-refractivity contribution in [1.82, 2.24) is 5.32 Å². The lowest BCUT2D eigenvalue weighted by atomic mass is 9.84. The SMILES string of the molecule is CC(SC(c1ccccc1)(c1ccccc1)c1ccccc1)C(NC(=O)OCC1c2ccccc2-c2ccccc21)C(=O)O. The molecule has 220 valence electrons. The number of carbonyl (C=O) groups excluding carboxylic acids is 1. The molecule has 0 aromatic heterocycles. The largest absolute Gasteiger partial charge is 0.480 e. The van der Waals surface area contributed by atoms with Crippen molar-refractivity contribution in [1.29, 1.82) is 0 Å². The fourth-order valence-electron chi connectivity index (χ4n) is 6.22. The molecule has 0 heterocycles. The zero-order valence-corrected chi connectivity index (χ0v) is 25.1. The van der Waals surface area contributed by atoms with E-state index in [2.05, 4.69) is 66.0 Å². The minimum absolute atomic E-state index is 0.107. The third-order valence-electron chi connectivity index (χ3n) is 8.26. The topological polar surface area (TPSA) is 75.6 Å². The molecule has 2 unspecified atom stereocenters. The van der Waals surface area contributed by atoms with Crippen LogP contribution in [0.15, 0.2) is 140 Å². The Labute approximate surface area is 261 Å². The number of nitrogens with one attached hydrogen (secondary N) is 1. The lowest BCUT2D eigenvalue weighted by Crippen LogP contribution is -2.48. The number of amides is 1. The van der Waals surface area contributed by atoms with Crippen molar-refractivity contribution in [2.45, 2.75) is 28.9 Å². The summed E-state index contributed by atoms with van der Waals surface area (Å²) in [4.78, 5) is 25.9. The highest BCUT2D eigenvalue weighted by molar-refractivity contribution is 8.01. The lowest BCUT2D eigenvalue weighted by molar-refractivity contribution is -0.139. The number of rotatable bonds is 10. The van der Waals surface area contributed by atoms with E-state index >= 15 is 0 Å². The Morgan fingerprint density at radius 1 is 0.705 bits per heavy atom. The summed E-state index contributed by atoms with van der Waals surface area (Å²) in [5.41, 5.74) is 7.49. The van der Waals surface area contributed by atoms with Gasteiger partial charge in [0.05, 0.1) is 4.75 Å². The molecule has 0 bridgehead atoms. The molecule has 0 fully saturated rings. The number of benzene rings is 5. The maximum absolute atomic E-state index is 13.2. The molecule has 5 nitrogen and oxygen atoms in total. The van der Waals surface area contributed by atoms with Crippen LogP contribution in [0.5, 0.6) is 0 Å². The van der Waals surface area contributed by atoms with Crippen LogP contribution in [0, 0.1) is 0 Å². The van der Waals surface area contributed by atoms with Gasteiger partial charge in [-0.25, -0.2) is 9.59 Å². The van der Waals surface area contributed by atoms with Crippen molar-refractivity contribution >= 4 is 23.8 Å². The monoisotopic (exact) mass is 599 g/mol. The van der Waals surface area contributed by atoms with E-state index in [9.17, 15) is 14.7 Å². The third kappa shape index (κ3) is 5.61. The van der Waals surface area contributed by atoms with Crippen LogP contribution < -0.4 is 5.32 Å². The van der Waals surface area contributed by atoms with Crippen LogP contribution in [0.1, 0.15) is 40.7 Å². The van der Waals surface area contributed by atoms with E-state index in [4.69, 9.17) is 4.74 Å². The van der Waals surface area contributed by atoms with E-state index in [1.54, 1.807) is 0 Å². The number of aliphatic carboxylic acids is 1. The zero-order chi connectivity index (χ0) is 30.5. The molecular weight excluding hydrogens is 566 g/mol. The maximum Gasteiger partial charge on any atom is 0.407 e. The molecule has 5 aromatic rings. The van der Waals surface area contributed by atoms with Crippen LogP contribution in [0.25, 0.3) is 11.1 Å². The fourth-order valence-corrected chi connectivity index (χ4v) is 7.91. The van der Waals surface area contributed by atoms with Gasteiger partial charge in [-0.15, -0.1) is 11.8 Å². The summed E-state index contributed by atoms with van der Waals surface area (Å²) in [6.07, 6.45) is -0.753. The molecule has 2 N–H and O–H groups in total. The minimum atomic E-state index is -1.20. The summed E-state index contributed by atoms with van der Waals surface area (Å²) >= 11 is 1.50. The first-order chi connectivity index (χ1) is 21.5. The Morgan fingerprint density at radius 3 is 1.55 bits per heavy atom. The number of thioether (sulfide) groups is 1. The molecule has 0 saturated carbocycles. The number of hydrogen-bond donors (Lipinski definition) is 2. The normalized spacial score (nSPS) is 13.8. The van der Waals surface area contributed by atoms with E-state index < -0.39 is 28.1 Å². The van der Waals surface area contributed by atoms with Gasteiger partial charge >= 0.3 is 12.1 Å². The number of carbonyl (C=O) groups is 2. The van der Waals surface area contributed by atoms with Crippen molar-refractivity contribution in [2.24, 2.45) is 0 Å². The van der Waals surface area contributed by atoms with Crippen LogP contribution in [-0.2, 0) is 14.3 Å². The second-order valence-corrected chi connectivity index (χ2v) is 12.5. The number of hydrogen-bond acceptors (Lipinski definition) is 4. The molecular formula is C38H33NO4S. The predicted molar refractivity (Wildman–Crippen MR) is 176 cm³/mol. The Balaban J connectivity index is 1.26. The first-order valence-electron chi connectivity index (χ1n) is 14.7. The van der Waals surface area contributed by atoms with Gasteiger partial charge in [0.1, 0.15) is 12.6 Å². The van der Waals surface area contributed by atoms with Crippen molar-refractivity contribution < 1.29 is 19.4 Å². The second-order valence-electron chi connectivity index (χ2n) is 10.9. The van der Waals surface area contributed by atoms with Gasteiger partial charge in [-0.05, 0) is 38.9 Å². The van der Waals surface area contributed by atoms with Crippen LogP contribution in [-0.4, -0.2) is 35.1 Å². The summed E-state index contributed by atoms with van der Waals surface area (Å²) in [5.74, 6) is -1.24. The van der Waals surface area contributed by atoms with Crippen LogP contribution in [0.4, 0.5) is 4.79 Å². The quantitative estimate of drug-likeness (QED) is 0.159. The number of alkyl carbamates (subject to hydrolysis) is 1. The molecule has 0 aliphatic heterocycles. The average Bonchev–Trinajstić information content (AvgIpc) is 3.39. The Bertz CT molecular complexity index is 1600. The number of carboxylic acid groups (broad SMARTS) is 1. The summed E-state index contributed by atoms with van der Waals surface area (Å²) in [6.45, 7) is 1.95. The van der Waals surface area contributed by atoms with Gasteiger partial charge in [-0.1, -0.05) is 146 Å². The van der Waals surface area contributed by atoms with Gasteiger partial charge in [0.25, 0.3) is 0 Å². The Kier molecular flexibility index (Phi) is 8.53. The average molecular weight is 600 g/mol. The summed E-state index contributed by atoms with van der Waals surface area (Å²) in [6, 6.07) is 45.3. The third-order valence-corrected chi connectivity index (χ3v) is 9.96. The molecule has 1 aliphatic carbocycles. The summed E-state index contributed by atoms with van der Waals surface area (Å²) in [5, 5.41) is 12.5. The van der Waals surface area contributed by atoms with Crippen LogP contribution in [0.2, 0.25) is 0 Å². The highest BCUT2D eigenvalue weighted by Crippen LogP contribution is 2.50. The molecule has 6 rings (SSSR count). The van der Waals surface area contributed by atoms with Crippen LogP contribution in [0.3, 0.4) is 0 Å². The minimum Gasteiger partial charge on any atom is -0.480 e. The zero-order valence-electron chi connectivity index (χ0n) is 24.3. The summed E-state index contributed by atoms with van der Waals surface area (Å²) in [7, 11) is 0. The van der Waals surface area contributed by atoms with E-state index in [-0.39, 0.29) is 12.5 Å². The Morgan fingerprint density at radius 2 is 1.11 bits per heavy atom. The standard InChI is InChI=1S/C38H33NO4S/c1-26(44-38(27-15-5-2-6-16-27,28-17-7-3-8-18-28)29-19-9-4-10-20-29)35(36(40)41)39-37(42)43-25-34-32-23-13-11-21-30(32)31-22-12-14-24-33(31)34/h2-24,26,34-35H,25H2,1H3,(H,39,42)(H,40,41). The molecule has 44 heavy (non-hydrogen) atoms. The molecule has 0 radical (unpaired) electrons. The van der Waals surface area contributed by atoms with Crippen molar-refractivity contribution in [2.75, 3.05) is 6.61 Å². The maximum atomic E-state index is 13.2. The second kappa shape index (κ2) is 12.8. The number of ether oxygens (including phenoxy) is 1. The molecule has 1 aliphatic rings. The van der Waals surface area contributed by atoms with Gasteiger partial charge in [-0.2, -0.15) is 0 Å². The van der Waals surface area contributed by atoms with Gasteiger partial charge in [0.2, 0.25) is 0 Å². The first-order valence-corrected chi connectivity index (χ1v) is 15.6. The summed E-state index contributed by atoms with van der Waals surface area (Å²) < 4.78 is 5.00. The van der Waals surface area contributed by atoms with Gasteiger partial charge in [-0.3, -0.25) is 0 Å². The fraction of sp³-hybridized carbons (Fsp3) is 0.158. The first kappa shape index (κ1) is 29.3.